The summed E-state index contributed by atoms with van der Waals surface area (Å²) < 4.78 is 51.9. The number of nitrogens with two attached hydrogens (primary N) is 1. The van der Waals surface area contributed by atoms with E-state index in [0.717, 1.165) is 6.07 Å². The summed E-state index contributed by atoms with van der Waals surface area (Å²) in [5, 5.41) is 2.63. The molecule has 0 fully saturated rings. The number of rotatable bonds is 8. The summed E-state index contributed by atoms with van der Waals surface area (Å²) >= 11 is 0. The molecule has 0 unspecified atom stereocenters. The normalized spacial score (nSPS) is 11.4. The summed E-state index contributed by atoms with van der Waals surface area (Å²) in [6, 6.07) is 5.44. The predicted octanol–water partition coefficient (Wildman–Crippen LogP) is 3.53. The van der Waals surface area contributed by atoms with Crippen molar-refractivity contribution in [2.75, 3.05) is 18.9 Å². The molecule has 0 radical (unpaired) electrons. The second-order valence-electron chi connectivity index (χ2n) is 7.11. The molecule has 32 heavy (non-hydrogen) atoms. The molecule has 6 nitrogen and oxygen atoms in total. The number of nitrogens with one attached hydrogen (secondary N) is 1. The Morgan fingerprint density at radius 2 is 1.88 bits per heavy atom. The van der Waals surface area contributed by atoms with E-state index in [0.29, 0.717) is 35.2 Å². The van der Waals surface area contributed by atoms with Crippen LogP contribution in [0.15, 0.2) is 36.5 Å². The van der Waals surface area contributed by atoms with Crippen LogP contribution < -0.4 is 11.1 Å². The molecule has 0 aromatic heterocycles. The highest BCUT2D eigenvalue weighted by Gasteiger charge is 2.34. The fourth-order valence-corrected chi connectivity index (χ4v) is 2.96. The summed E-state index contributed by atoms with van der Waals surface area (Å²) in [7, 11) is 1.59. The van der Waals surface area contributed by atoms with Crippen LogP contribution in [-0.4, -0.2) is 36.6 Å². The van der Waals surface area contributed by atoms with Gasteiger partial charge in [0.15, 0.2) is 6.29 Å². The Hall–Kier alpha value is -3.69. The molecular formula is C22H21F4N3O3. The number of benzene rings is 2. The number of carbonyl (C=O) groups excluding carboxylic acids is 3. The minimum Gasteiger partial charge on any atom is -0.371 e. The van der Waals surface area contributed by atoms with Crippen LogP contribution in [0.2, 0.25) is 0 Å². The van der Waals surface area contributed by atoms with Gasteiger partial charge in [-0.15, -0.1) is 0 Å². The van der Waals surface area contributed by atoms with E-state index >= 15 is 0 Å². The van der Waals surface area contributed by atoms with Gasteiger partial charge in [0.05, 0.1) is 24.2 Å². The zero-order valence-electron chi connectivity index (χ0n) is 17.3. The largest absolute Gasteiger partial charge is 0.419 e. The molecule has 10 heteroatoms. The number of aldehydes is 1. The van der Waals surface area contributed by atoms with Crippen LogP contribution in [0.1, 0.15) is 32.6 Å². The van der Waals surface area contributed by atoms with E-state index in [9.17, 15) is 31.9 Å². The first-order valence-corrected chi connectivity index (χ1v) is 9.33. The van der Waals surface area contributed by atoms with Crippen molar-refractivity contribution >= 4 is 29.9 Å². The lowest BCUT2D eigenvalue weighted by Gasteiger charge is -2.16. The summed E-state index contributed by atoms with van der Waals surface area (Å²) in [5.41, 5.74) is 5.31. The average molecular weight is 451 g/mol. The molecule has 0 aliphatic carbocycles. The molecule has 0 aliphatic rings. The van der Waals surface area contributed by atoms with E-state index in [1.165, 1.54) is 17.2 Å². The standard InChI is InChI=1S/C22H21F4N3O3/c1-13-3-5-15(12-30)16(7-8-29(2)11-19(27)31)21(13)28-20(32)10-14-4-6-17(18(23)9-14)22(24,25)26/h3-9,12H,10-11H2,1-2H3,(H2,27,31)(H,28,32)/b8-7-. The van der Waals surface area contributed by atoms with E-state index < -0.39 is 29.4 Å². The van der Waals surface area contributed by atoms with E-state index in [4.69, 9.17) is 5.73 Å². The summed E-state index contributed by atoms with van der Waals surface area (Å²) in [5.74, 6) is -2.65. The van der Waals surface area contributed by atoms with Gasteiger partial charge >= 0.3 is 6.18 Å². The lowest BCUT2D eigenvalue weighted by Crippen LogP contribution is -2.26. The third kappa shape index (κ3) is 6.40. The maximum atomic E-state index is 13.8. The molecule has 3 N–H and O–H groups in total. The lowest BCUT2D eigenvalue weighted by atomic mass is 10.0. The first-order chi connectivity index (χ1) is 14.9. The summed E-state index contributed by atoms with van der Waals surface area (Å²) in [4.78, 5) is 36.5. The Morgan fingerprint density at radius 3 is 2.44 bits per heavy atom. The zero-order valence-corrected chi connectivity index (χ0v) is 17.3. The van der Waals surface area contributed by atoms with Crippen LogP contribution in [0.3, 0.4) is 0 Å². The van der Waals surface area contributed by atoms with Crippen molar-refractivity contribution in [2.45, 2.75) is 19.5 Å². The second kappa shape index (κ2) is 10.1. The van der Waals surface area contributed by atoms with E-state index in [1.807, 2.05) is 0 Å². The van der Waals surface area contributed by atoms with Crippen LogP contribution >= 0.6 is 0 Å². The number of likely N-dealkylation sites (N-methyl/N-ethyl adjacent to an activating group) is 1. The Balaban J connectivity index is 2.29. The van der Waals surface area contributed by atoms with Gasteiger partial charge < -0.3 is 16.0 Å². The van der Waals surface area contributed by atoms with Crippen LogP contribution in [0.4, 0.5) is 23.2 Å². The molecule has 0 atom stereocenters. The van der Waals surface area contributed by atoms with Gasteiger partial charge in [0.1, 0.15) is 5.82 Å². The first-order valence-electron chi connectivity index (χ1n) is 9.33. The quantitative estimate of drug-likeness (QED) is 0.475. The number of anilines is 1. The minimum atomic E-state index is -4.83. The molecule has 0 saturated heterocycles. The van der Waals surface area contributed by atoms with Crippen molar-refractivity contribution in [2.24, 2.45) is 5.73 Å². The average Bonchev–Trinajstić information content (AvgIpc) is 2.66. The van der Waals surface area contributed by atoms with Gasteiger partial charge in [0.25, 0.3) is 0 Å². The highest BCUT2D eigenvalue weighted by atomic mass is 19.4. The summed E-state index contributed by atoms with van der Waals surface area (Å²) in [6.45, 7) is 1.62. The third-order valence-corrected chi connectivity index (χ3v) is 4.48. The number of nitrogens with zero attached hydrogens (tertiary/aromatic N) is 1. The molecule has 0 aliphatic heterocycles. The predicted molar refractivity (Wildman–Crippen MR) is 111 cm³/mol. The van der Waals surface area contributed by atoms with Crippen molar-refractivity contribution in [3.63, 3.8) is 0 Å². The zero-order chi connectivity index (χ0) is 24.1. The minimum absolute atomic E-state index is 0.0514. The molecule has 2 rings (SSSR count). The fourth-order valence-electron chi connectivity index (χ4n) is 2.96. The number of amides is 2. The third-order valence-electron chi connectivity index (χ3n) is 4.48. The monoisotopic (exact) mass is 451 g/mol. The molecule has 0 bridgehead atoms. The smallest absolute Gasteiger partial charge is 0.371 e. The van der Waals surface area contributed by atoms with Crippen molar-refractivity contribution in [1.82, 2.24) is 4.90 Å². The van der Waals surface area contributed by atoms with Gasteiger partial charge in [-0.1, -0.05) is 18.2 Å². The molecule has 2 aromatic rings. The molecule has 170 valence electrons. The van der Waals surface area contributed by atoms with Gasteiger partial charge in [-0.3, -0.25) is 14.4 Å². The number of hydrogen-bond donors (Lipinski definition) is 2. The first kappa shape index (κ1) is 24.6. The Morgan fingerprint density at radius 1 is 1.19 bits per heavy atom. The molecule has 2 aromatic carbocycles. The van der Waals surface area contributed by atoms with Crippen molar-refractivity contribution in [1.29, 1.82) is 0 Å². The second-order valence-corrected chi connectivity index (χ2v) is 7.11. The Bertz CT molecular complexity index is 1070. The van der Waals surface area contributed by atoms with E-state index in [1.54, 1.807) is 26.1 Å². The number of primary amides is 1. The van der Waals surface area contributed by atoms with Crippen LogP contribution in [-0.2, 0) is 22.2 Å². The highest BCUT2D eigenvalue weighted by molar-refractivity contribution is 5.98. The Kier molecular flexibility index (Phi) is 7.74. The van der Waals surface area contributed by atoms with Gasteiger partial charge in [0.2, 0.25) is 11.8 Å². The molecule has 0 spiro atoms. The van der Waals surface area contributed by atoms with Gasteiger partial charge in [0, 0.05) is 18.2 Å². The number of aryl methyl sites for hydroxylation is 1. The fraction of sp³-hybridized carbons (Fsp3) is 0.227. The lowest BCUT2D eigenvalue weighted by molar-refractivity contribution is -0.140. The molecule has 0 heterocycles. The molecular weight excluding hydrogens is 430 g/mol. The molecule has 2 amide bonds. The van der Waals surface area contributed by atoms with Gasteiger partial charge in [-0.2, -0.15) is 13.2 Å². The summed E-state index contributed by atoms with van der Waals surface area (Å²) in [6.07, 6.45) is -1.60. The van der Waals surface area contributed by atoms with Crippen LogP contribution in [0.25, 0.3) is 6.08 Å². The van der Waals surface area contributed by atoms with Crippen molar-refractivity contribution in [3.05, 3.63) is 70.2 Å². The van der Waals surface area contributed by atoms with Crippen LogP contribution in [0.5, 0.6) is 0 Å². The van der Waals surface area contributed by atoms with Gasteiger partial charge in [-0.05, 0) is 42.5 Å². The maximum absolute atomic E-state index is 13.8. The number of hydrogen-bond acceptors (Lipinski definition) is 4. The topological polar surface area (TPSA) is 92.5 Å². The van der Waals surface area contributed by atoms with E-state index in [-0.39, 0.29) is 24.1 Å². The van der Waals surface area contributed by atoms with Gasteiger partial charge in [-0.25, -0.2) is 4.39 Å². The number of halogens is 4. The van der Waals surface area contributed by atoms with Crippen molar-refractivity contribution < 1.29 is 31.9 Å². The SMILES string of the molecule is Cc1ccc(C=O)c(/C=C\N(C)CC(N)=O)c1NC(=O)Cc1ccc(C(F)(F)F)c(F)c1. The van der Waals surface area contributed by atoms with E-state index in [2.05, 4.69) is 5.32 Å². The number of carbonyl (C=O) groups is 3. The number of alkyl halides is 3. The van der Waals surface area contributed by atoms with Crippen molar-refractivity contribution in [3.8, 4) is 0 Å². The highest BCUT2D eigenvalue weighted by Crippen LogP contribution is 2.32. The molecule has 0 saturated carbocycles. The maximum Gasteiger partial charge on any atom is 0.419 e. The van der Waals surface area contributed by atoms with Crippen LogP contribution in [0, 0.1) is 12.7 Å². The Labute approximate surface area is 181 Å².